The van der Waals surface area contributed by atoms with Crippen LogP contribution < -0.4 is 10.6 Å². The van der Waals surface area contributed by atoms with Crippen molar-refractivity contribution in [3.8, 4) is 0 Å². The molecule has 1 heterocycles. The molecule has 0 aromatic carbocycles. The van der Waals surface area contributed by atoms with E-state index < -0.39 is 5.60 Å². The second-order valence-electron chi connectivity index (χ2n) is 7.85. The molecule has 0 saturated carbocycles. The zero-order valence-electron chi connectivity index (χ0n) is 16.7. The lowest BCUT2D eigenvalue weighted by Crippen LogP contribution is -2.44. The first-order chi connectivity index (χ1) is 11.7. The number of carbonyl (C=O) groups excluding carboxylic acids is 1. The predicted octanol–water partition coefficient (Wildman–Crippen LogP) is 2.22. The van der Waals surface area contributed by atoms with E-state index in [1.807, 2.05) is 20.8 Å². The molecule has 1 unspecified atom stereocenters. The number of ether oxygens (including phenoxy) is 2. The molecule has 7 heteroatoms. The Balaban J connectivity index is 2.27. The van der Waals surface area contributed by atoms with Gasteiger partial charge < -0.3 is 25.0 Å². The van der Waals surface area contributed by atoms with Crippen LogP contribution in [0.15, 0.2) is 4.99 Å². The van der Waals surface area contributed by atoms with E-state index in [0.717, 1.165) is 45.0 Å². The molecule has 0 spiro atoms. The van der Waals surface area contributed by atoms with E-state index in [2.05, 4.69) is 34.4 Å². The van der Waals surface area contributed by atoms with Crippen LogP contribution in [0.4, 0.5) is 4.79 Å². The normalized spacial score (nSPS) is 18.6. The van der Waals surface area contributed by atoms with Gasteiger partial charge in [-0.3, -0.25) is 4.99 Å². The smallest absolute Gasteiger partial charge is 0.407 e. The standard InChI is InChI=1S/C18H36N4O3/c1-14(2)8-11-24-12-9-20-16(19-6)22-10-7-15(13-22)21-17(23)25-18(3,4)5/h14-15H,7-13H2,1-6H3,(H,19,20)(H,21,23). The molecule has 0 aromatic heterocycles. The van der Waals surface area contributed by atoms with E-state index in [1.165, 1.54) is 0 Å². The molecule has 1 rings (SSSR count). The van der Waals surface area contributed by atoms with Gasteiger partial charge in [-0.2, -0.15) is 0 Å². The Morgan fingerprint density at radius 2 is 2.04 bits per heavy atom. The Hall–Kier alpha value is -1.50. The summed E-state index contributed by atoms with van der Waals surface area (Å²) < 4.78 is 10.9. The van der Waals surface area contributed by atoms with Crippen LogP contribution >= 0.6 is 0 Å². The van der Waals surface area contributed by atoms with Gasteiger partial charge in [-0.25, -0.2) is 4.79 Å². The molecule has 0 bridgehead atoms. The summed E-state index contributed by atoms with van der Waals surface area (Å²) in [7, 11) is 1.77. The number of likely N-dealkylation sites (tertiary alicyclic amines) is 1. The highest BCUT2D eigenvalue weighted by Gasteiger charge is 2.27. The van der Waals surface area contributed by atoms with Gasteiger partial charge in [0.25, 0.3) is 0 Å². The molecule has 1 amide bonds. The number of hydrogen-bond acceptors (Lipinski definition) is 4. The number of alkyl carbamates (subject to hydrolysis) is 1. The third-order valence-corrected chi connectivity index (χ3v) is 3.79. The number of guanidine groups is 1. The van der Waals surface area contributed by atoms with Gasteiger partial charge in [-0.1, -0.05) is 13.8 Å². The first-order valence-corrected chi connectivity index (χ1v) is 9.24. The summed E-state index contributed by atoms with van der Waals surface area (Å²) in [5, 5.41) is 6.25. The maximum absolute atomic E-state index is 11.9. The molecule has 1 aliphatic rings. The number of hydrogen-bond donors (Lipinski definition) is 2. The van der Waals surface area contributed by atoms with Gasteiger partial charge in [0.2, 0.25) is 0 Å². The van der Waals surface area contributed by atoms with Crippen molar-refractivity contribution in [3.05, 3.63) is 0 Å². The zero-order valence-corrected chi connectivity index (χ0v) is 16.7. The SMILES string of the molecule is CN=C(NCCOCCC(C)C)N1CCC(NC(=O)OC(C)(C)C)C1. The van der Waals surface area contributed by atoms with Crippen molar-refractivity contribution in [2.45, 2.75) is 59.1 Å². The molecule has 1 atom stereocenters. The minimum Gasteiger partial charge on any atom is -0.444 e. The number of carbonyl (C=O) groups is 1. The molecule has 7 nitrogen and oxygen atoms in total. The Bertz CT molecular complexity index is 433. The van der Waals surface area contributed by atoms with Crippen molar-refractivity contribution in [3.63, 3.8) is 0 Å². The first kappa shape index (κ1) is 21.5. The first-order valence-electron chi connectivity index (χ1n) is 9.24. The monoisotopic (exact) mass is 356 g/mol. The van der Waals surface area contributed by atoms with Crippen LogP contribution in [0.2, 0.25) is 0 Å². The predicted molar refractivity (Wildman–Crippen MR) is 101 cm³/mol. The van der Waals surface area contributed by atoms with Crippen LogP contribution in [-0.4, -0.2) is 68.5 Å². The van der Waals surface area contributed by atoms with Crippen molar-refractivity contribution in [2.24, 2.45) is 10.9 Å². The molecule has 0 aromatic rings. The van der Waals surface area contributed by atoms with E-state index >= 15 is 0 Å². The van der Waals surface area contributed by atoms with Crippen molar-refractivity contribution >= 4 is 12.1 Å². The van der Waals surface area contributed by atoms with Crippen LogP contribution in [0.25, 0.3) is 0 Å². The van der Waals surface area contributed by atoms with E-state index in [-0.39, 0.29) is 12.1 Å². The molecular weight excluding hydrogens is 320 g/mol. The van der Waals surface area contributed by atoms with E-state index in [0.29, 0.717) is 12.5 Å². The molecule has 25 heavy (non-hydrogen) atoms. The van der Waals surface area contributed by atoms with Crippen molar-refractivity contribution in [1.82, 2.24) is 15.5 Å². The molecule has 1 aliphatic heterocycles. The highest BCUT2D eigenvalue weighted by atomic mass is 16.6. The van der Waals surface area contributed by atoms with E-state index in [9.17, 15) is 4.79 Å². The van der Waals surface area contributed by atoms with Gasteiger partial charge in [-0.15, -0.1) is 0 Å². The Morgan fingerprint density at radius 3 is 2.64 bits per heavy atom. The quantitative estimate of drug-likeness (QED) is 0.416. The van der Waals surface area contributed by atoms with Crippen LogP contribution in [0.5, 0.6) is 0 Å². The zero-order chi connectivity index (χ0) is 18.9. The lowest BCUT2D eigenvalue weighted by atomic mass is 10.1. The Kier molecular flexibility index (Phi) is 9.03. The highest BCUT2D eigenvalue weighted by Crippen LogP contribution is 2.12. The molecule has 0 radical (unpaired) electrons. The Morgan fingerprint density at radius 1 is 1.32 bits per heavy atom. The minimum absolute atomic E-state index is 0.0793. The fourth-order valence-electron chi connectivity index (χ4n) is 2.53. The van der Waals surface area contributed by atoms with Gasteiger partial charge in [0.15, 0.2) is 5.96 Å². The Labute approximate surface area is 152 Å². The second kappa shape index (κ2) is 10.5. The van der Waals surface area contributed by atoms with Crippen LogP contribution in [0.1, 0.15) is 47.5 Å². The number of nitrogens with zero attached hydrogens (tertiary/aromatic N) is 2. The maximum atomic E-state index is 11.9. The highest BCUT2D eigenvalue weighted by molar-refractivity contribution is 5.80. The fourth-order valence-corrected chi connectivity index (χ4v) is 2.53. The minimum atomic E-state index is -0.477. The van der Waals surface area contributed by atoms with Crippen LogP contribution in [-0.2, 0) is 9.47 Å². The summed E-state index contributed by atoms with van der Waals surface area (Å²) in [6, 6.07) is 0.0793. The molecule has 1 saturated heterocycles. The number of rotatable bonds is 7. The van der Waals surface area contributed by atoms with Crippen molar-refractivity contribution in [1.29, 1.82) is 0 Å². The molecular formula is C18H36N4O3. The average molecular weight is 357 g/mol. The van der Waals surface area contributed by atoms with Gasteiger partial charge in [0.1, 0.15) is 5.60 Å². The topological polar surface area (TPSA) is 75.2 Å². The summed E-state index contributed by atoms with van der Waals surface area (Å²) in [5.41, 5.74) is -0.477. The third-order valence-electron chi connectivity index (χ3n) is 3.79. The van der Waals surface area contributed by atoms with E-state index in [1.54, 1.807) is 7.05 Å². The van der Waals surface area contributed by atoms with Gasteiger partial charge in [0.05, 0.1) is 12.6 Å². The largest absolute Gasteiger partial charge is 0.444 e. The summed E-state index contributed by atoms with van der Waals surface area (Å²) >= 11 is 0. The van der Waals surface area contributed by atoms with Gasteiger partial charge in [0, 0.05) is 33.3 Å². The average Bonchev–Trinajstić information content (AvgIpc) is 2.92. The van der Waals surface area contributed by atoms with Crippen LogP contribution in [0, 0.1) is 5.92 Å². The van der Waals surface area contributed by atoms with Crippen molar-refractivity contribution in [2.75, 3.05) is 39.9 Å². The summed E-state index contributed by atoms with van der Waals surface area (Å²) in [5.74, 6) is 1.51. The van der Waals surface area contributed by atoms with Crippen molar-refractivity contribution < 1.29 is 14.3 Å². The van der Waals surface area contributed by atoms with Gasteiger partial charge in [-0.05, 0) is 39.5 Å². The lowest BCUT2D eigenvalue weighted by molar-refractivity contribution is 0.0507. The summed E-state index contributed by atoms with van der Waals surface area (Å²) in [6.07, 6.45) is 1.60. The molecule has 0 aliphatic carbocycles. The second-order valence-corrected chi connectivity index (χ2v) is 7.85. The van der Waals surface area contributed by atoms with Crippen LogP contribution in [0.3, 0.4) is 0 Å². The van der Waals surface area contributed by atoms with Gasteiger partial charge >= 0.3 is 6.09 Å². The fraction of sp³-hybridized carbons (Fsp3) is 0.889. The summed E-state index contributed by atoms with van der Waals surface area (Å²) in [4.78, 5) is 18.3. The molecule has 2 N–H and O–H groups in total. The maximum Gasteiger partial charge on any atom is 0.407 e. The number of aliphatic imine (C=N–C) groups is 1. The summed E-state index contributed by atoms with van der Waals surface area (Å²) in [6.45, 7) is 13.8. The number of amides is 1. The third kappa shape index (κ3) is 9.53. The lowest BCUT2D eigenvalue weighted by Gasteiger charge is -2.23. The molecule has 146 valence electrons. The molecule has 1 fully saturated rings. The number of nitrogens with one attached hydrogen (secondary N) is 2. The van der Waals surface area contributed by atoms with E-state index in [4.69, 9.17) is 9.47 Å².